The third kappa shape index (κ3) is 3.40. The van der Waals surface area contributed by atoms with Crippen molar-refractivity contribution in [3.05, 3.63) is 82.8 Å². The second-order valence-corrected chi connectivity index (χ2v) is 7.29. The van der Waals surface area contributed by atoms with E-state index in [9.17, 15) is 4.79 Å². The summed E-state index contributed by atoms with van der Waals surface area (Å²) in [6, 6.07) is 16.1. The van der Waals surface area contributed by atoms with Gasteiger partial charge in [0.2, 0.25) is 0 Å². The van der Waals surface area contributed by atoms with Crippen molar-refractivity contribution in [3.63, 3.8) is 0 Å². The van der Waals surface area contributed by atoms with Gasteiger partial charge in [-0.3, -0.25) is 4.79 Å². The summed E-state index contributed by atoms with van der Waals surface area (Å²) in [5.74, 6) is -0.178. The number of rotatable bonds is 4. The number of para-hydroxylation sites is 1. The topological polar surface area (TPSA) is 59.3 Å². The molecule has 0 saturated carbocycles. The molecule has 1 N–H and O–H groups in total. The molecule has 0 unspecified atom stereocenters. The molecule has 4 rings (SSSR count). The molecule has 0 bridgehead atoms. The number of nitrogens with zero attached hydrogens (tertiary/aromatic N) is 3. The Morgan fingerprint density at radius 3 is 2.62 bits per heavy atom. The molecule has 1 amide bonds. The van der Waals surface area contributed by atoms with E-state index in [1.807, 2.05) is 44.2 Å². The summed E-state index contributed by atoms with van der Waals surface area (Å²) in [5.41, 5.74) is 8.13. The van der Waals surface area contributed by atoms with Gasteiger partial charge in [-0.05, 0) is 44.4 Å². The quantitative estimate of drug-likeness (QED) is 0.530. The number of aryl methyl sites for hydroxylation is 4. The molecule has 146 valence electrons. The van der Waals surface area contributed by atoms with Gasteiger partial charge in [-0.25, -0.2) is 9.50 Å². The van der Waals surface area contributed by atoms with E-state index < -0.39 is 0 Å². The van der Waals surface area contributed by atoms with Crippen molar-refractivity contribution >= 4 is 17.2 Å². The Balaban J connectivity index is 1.76. The van der Waals surface area contributed by atoms with Crippen molar-refractivity contribution in [1.82, 2.24) is 14.6 Å². The van der Waals surface area contributed by atoms with Gasteiger partial charge in [0.25, 0.3) is 5.91 Å². The first-order valence-corrected chi connectivity index (χ1v) is 9.80. The largest absolute Gasteiger partial charge is 0.322 e. The lowest BCUT2D eigenvalue weighted by molar-refractivity contribution is 0.102. The number of benzene rings is 2. The maximum absolute atomic E-state index is 13.0. The Bertz CT molecular complexity index is 1220. The minimum absolute atomic E-state index is 0.178. The molecule has 0 aliphatic carbocycles. The van der Waals surface area contributed by atoms with Gasteiger partial charge in [0.1, 0.15) is 0 Å². The highest BCUT2D eigenvalue weighted by Gasteiger charge is 2.19. The minimum Gasteiger partial charge on any atom is -0.322 e. The average Bonchev–Trinajstić information content (AvgIpc) is 3.05. The number of fused-ring (bicyclic) bond motifs is 1. The third-order valence-electron chi connectivity index (χ3n) is 5.26. The van der Waals surface area contributed by atoms with Gasteiger partial charge in [-0.2, -0.15) is 5.10 Å². The molecule has 0 saturated heterocycles. The molecular formula is C24H24N4O. The number of aromatic nitrogens is 3. The van der Waals surface area contributed by atoms with Crippen molar-refractivity contribution in [3.8, 4) is 11.1 Å². The zero-order chi connectivity index (χ0) is 20.5. The Morgan fingerprint density at radius 2 is 1.86 bits per heavy atom. The molecule has 2 aromatic carbocycles. The van der Waals surface area contributed by atoms with Crippen molar-refractivity contribution in [1.29, 1.82) is 0 Å². The van der Waals surface area contributed by atoms with E-state index in [2.05, 4.69) is 47.4 Å². The lowest BCUT2D eigenvalue weighted by Gasteiger charge is -2.11. The fourth-order valence-corrected chi connectivity index (χ4v) is 3.70. The number of carbonyl (C=O) groups excluding carboxylic acids is 1. The average molecular weight is 384 g/mol. The lowest BCUT2D eigenvalue weighted by atomic mass is 10.0. The zero-order valence-electron chi connectivity index (χ0n) is 17.2. The lowest BCUT2D eigenvalue weighted by Crippen LogP contribution is -2.17. The fraction of sp³-hybridized carbons (Fsp3) is 0.208. The van der Waals surface area contributed by atoms with Crippen LogP contribution in [0, 0.1) is 20.8 Å². The Kier molecular flexibility index (Phi) is 4.89. The maximum atomic E-state index is 13.0. The summed E-state index contributed by atoms with van der Waals surface area (Å²) in [7, 11) is 0. The van der Waals surface area contributed by atoms with Crippen LogP contribution in [0.4, 0.5) is 5.69 Å². The fourth-order valence-electron chi connectivity index (χ4n) is 3.70. The summed E-state index contributed by atoms with van der Waals surface area (Å²) in [6.45, 7) is 8.02. The Hall–Kier alpha value is -3.47. The molecule has 0 fully saturated rings. The normalized spacial score (nSPS) is 11.0. The molecule has 0 spiro atoms. The minimum atomic E-state index is -0.178. The van der Waals surface area contributed by atoms with Gasteiger partial charge in [-0.15, -0.1) is 0 Å². The maximum Gasteiger partial charge on any atom is 0.259 e. The monoisotopic (exact) mass is 384 g/mol. The highest BCUT2D eigenvalue weighted by Crippen LogP contribution is 2.29. The van der Waals surface area contributed by atoms with Crippen molar-refractivity contribution < 1.29 is 4.79 Å². The number of nitrogens with one attached hydrogen (secondary N) is 1. The van der Waals surface area contributed by atoms with Crippen LogP contribution in [0.2, 0.25) is 0 Å². The smallest absolute Gasteiger partial charge is 0.259 e. The predicted octanol–water partition coefficient (Wildman–Crippen LogP) is 5.14. The van der Waals surface area contributed by atoms with Crippen molar-refractivity contribution in [2.45, 2.75) is 34.1 Å². The van der Waals surface area contributed by atoms with Crippen LogP contribution < -0.4 is 5.32 Å². The van der Waals surface area contributed by atoms with Gasteiger partial charge < -0.3 is 5.32 Å². The summed E-state index contributed by atoms with van der Waals surface area (Å²) < 4.78 is 1.77. The zero-order valence-corrected chi connectivity index (χ0v) is 17.2. The van der Waals surface area contributed by atoms with E-state index in [-0.39, 0.29) is 5.91 Å². The van der Waals surface area contributed by atoms with Gasteiger partial charge in [-0.1, -0.05) is 55.0 Å². The van der Waals surface area contributed by atoms with E-state index in [0.717, 1.165) is 45.8 Å². The molecule has 0 aliphatic rings. The van der Waals surface area contributed by atoms with E-state index in [1.165, 1.54) is 5.56 Å². The molecule has 29 heavy (non-hydrogen) atoms. The highest BCUT2D eigenvalue weighted by atomic mass is 16.1. The summed E-state index contributed by atoms with van der Waals surface area (Å²) >= 11 is 0. The van der Waals surface area contributed by atoms with E-state index in [4.69, 9.17) is 0 Å². The molecule has 2 aromatic heterocycles. The standard InChI is InChI=1S/C24H24N4O/c1-5-18-10-6-7-12-21(18)26-24(29)20-14-25-23-22(16(3)27-28(23)17(20)4)19-11-8-9-15(2)13-19/h6-14H,5H2,1-4H3,(H,26,29). The summed E-state index contributed by atoms with van der Waals surface area (Å²) in [4.78, 5) is 17.6. The molecule has 5 nitrogen and oxygen atoms in total. The van der Waals surface area contributed by atoms with Crippen LogP contribution in [-0.2, 0) is 6.42 Å². The molecule has 0 radical (unpaired) electrons. The number of anilines is 1. The second-order valence-electron chi connectivity index (χ2n) is 7.29. The molecule has 5 heteroatoms. The van der Waals surface area contributed by atoms with Crippen LogP contribution in [-0.4, -0.2) is 20.5 Å². The van der Waals surface area contributed by atoms with Crippen molar-refractivity contribution in [2.75, 3.05) is 5.32 Å². The number of amides is 1. The molecular weight excluding hydrogens is 360 g/mol. The molecule has 0 aliphatic heterocycles. The first-order chi connectivity index (χ1) is 14.0. The van der Waals surface area contributed by atoms with Crippen LogP contribution in [0.1, 0.15) is 39.8 Å². The van der Waals surface area contributed by atoms with E-state index in [1.54, 1.807) is 10.7 Å². The van der Waals surface area contributed by atoms with Crippen molar-refractivity contribution in [2.24, 2.45) is 0 Å². The predicted molar refractivity (Wildman–Crippen MR) is 116 cm³/mol. The highest BCUT2D eigenvalue weighted by molar-refractivity contribution is 6.05. The summed E-state index contributed by atoms with van der Waals surface area (Å²) in [6.07, 6.45) is 2.50. The molecule has 0 atom stereocenters. The number of hydrogen-bond donors (Lipinski definition) is 1. The number of hydrogen-bond acceptors (Lipinski definition) is 3. The first-order valence-electron chi connectivity index (χ1n) is 9.80. The van der Waals surface area contributed by atoms with Crippen LogP contribution in [0.5, 0.6) is 0 Å². The van der Waals surface area contributed by atoms with Crippen LogP contribution >= 0.6 is 0 Å². The van der Waals surface area contributed by atoms with E-state index >= 15 is 0 Å². The molecule has 4 aromatic rings. The second kappa shape index (κ2) is 7.51. The molecule has 2 heterocycles. The number of carbonyl (C=O) groups is 1. The Labute approximate surface area is 170 Å². The SMILES string of the molecule is CCc1ccccc1NC(=O)c1cnc2c(-c3cccc(C)c3)c(C)nn2c1C. The van der Waals surface area contributed by atoms with Crippen LogP contribution in [0.25, 0.3) is 16.8 Å². The third-order valence-corrected chi connectivity index (χ3v) is 5.26. The van der Waals surface area contributed by atoms with Gasteiger partial charge in [0.05, 0.1) is 17.0 Å². The Morgan fingerprint density at radius 1 is 1.07 bits per heavy atom. The van der Waals surface area contributed by atoms with Gasteiger partial charge >= 0.3 is 0 Å². The van der Waals surface area contributed by atoms with Gasteiger partial charge in [0.15, 0.2) is 5.65 Å². The van der Waals surface area contributed by atoms with Crippen LogP contribution in [0.15, 0.2) is 54.7 Å². The first kappa shape index (κ1) is 18.9. The van der Waals surface area contributed by atoms with E-state index in [0.29, 0.717) is 5.56 Å². The van der Waals surface area contributed by atoms with Gasteiger partial charge in [0, 0.05) is 17.4 Å². The van der Waals surface area contributed by atoms with Crippen LogP contribution in [0.3, 0.4) is 0 Å². The summed E-state index contributed by atoms with van der Waals surface area (Å²) in [5, 5.41) is 7.70.